The Morgan fingerprint density at radius 3 is 2.00 bits per heavy atom. The fourth-order valence-corrected chi connectivity index (χ4v) is 2.46. The van der Waals surface area contributed by atoms with Crippen LogP contribution in [0.5, 0.6) is 0 Å². The summed E-state index contributed by atoms with van der Waals surface area (Å²) >= 11 is 0. The summed E-state index contributed by atoms with van der Waals surface area (Å²) in [6.07, 6.45) is -6.51. The van der Waals surface area contributed by atoms with Crippen LogP contribution in [0.25, 0.3) is 10.4 Å². The van der Waals surface area contributed by atoms with Crippen LogP contribution in [0.4, 0.5) is 0 Å². The van der Waals surface area contributed by atoms with Gasteiger partial charge in [0.1, 0.15) is 12.7 Å². The lowest BCUT2D eigenvalue weighted by atomic mass is 9.97. The number of ether oxygens (including phenoxy) is 6. The Morgan fingerprint density at radius 1 is 0.964 bits per heavy atom. The van der Waals surface area contributed by atoms with Crippen molar-refractivity contribution in [2.45, 2.75) is 51.5 Å². The Kier molecular flexibility index (Phi) is 9.15. The molecule has 13 nitrogen and oxygen atoms in total. The van der Waals surface area contributed by atoms with Gasteiger partial charge in [-0.2, -0.15) is 0 Å². The molecule has 0 aromatic carbocycles. The second-order valence-corrected chi connectivity index (χ2v) is 5.57. The average Bonchev–Trinajstić information content (AvgIpc) is 2.61. The van der Waals surface area contributed by atoms with E-state index in [-0.39, 0.29) is 6.54 Å². The number of carbonyl (C=O) groups excluding carboxylic acids is 4. The quantitative estimate of drug-likeness (QED) is 0.176. The SMILES string of the molecule is COC(=O)CO[C@@H]1O[C@H](CN=[N+]=[N-])[C@@H](OC(C)=O)[C@H](OC(C)=O)[C@H]1OC(C)=O. The van der Waals surface area contributed by atoms with E-state index in [0.717, 1.165) is 27.9 Å². The summed E-state index contributed by atoms with van der Waals surface area (Å²) < 4.78 is 30.8. The minimum Gasteiger partial charge on any atom is -0.467 e. The highest BCUT2D eigenvalue weighted by Gasteiger charge is 2.52. The maximum Gasteiger partial charge on any atom is 0.331 e. The molecular weight excluding hydrogens is 382 g/mol. The zero-order chi connectivity index (χ0) is 21.3. The Labute approximate surface area is 159 Å². The largest absolute Gasteiger partial charge is 0.467 e. The summed E-state index contributed by atoms with van der Waals surface area (Å²) in [5, 5.41) is 3.37. The van der Waals surface area contributed by atoms with E-state index in [1.54, 1.807) is 0 Å². The minimum atomic E-state index is -1.40. The zero-order valence-corrected chi connectivity index (χ0v) is 15.7. The fourth-order valence-electron chi connectivity index (χ4n) is 2.46. The van der Waals surface area contributed by atoms with Gasteiger partial charge in [0.15, 0.2) is 24.6 Å². The summed E-state index contributed by atoms with van der Waals surface area (Å²) in [7, 11) is 1.14. The van der Waals surface area contributed by atoms with E-state index in [2.05, 4.69) is 14.8 Å². The summed E-state index contributed by atoms with van der Waals surface area (Å²) in [6.45, 7) is 2.40. The third kappa shape index (κ3) is 7.02. The van der Waals surface area contributed by atoms with Crippen molar-refractivity contribution in [1.29, 1.82) is 0 Å². The summed E-state index contributed by atoms with van der Waals surface area (Å²) in [4.78, 5) is 48.6. The molecule has 0 aliphatic carbocycles. The van der Waals surface area contributed by atoms with Gasteiger partial charge in [-0.3, -0.25) is 14.4 Å². The first-order chi connectivity index (χ1) is 13.2. The van der Waals surface area contributed by atoms with Gasteiger partial charge in [0, 0.05) is 25.7 Å². The van der Waals surface area contributed by atoms with Gasteiger partial charge in [-0.15, -0.1) is 0 Å². The molecule has 0 amide bonds. The van der Waals surface area contributed by atoms with Crippen LogP contribution in [0.1, 0.15) is 20.8 Å². The van der Waals surface area contributed by atoms with Gasteiger partial charge in [0.05, 0.1) is 13.7 Å². The predicted molar refractivity (Wildman–Crippen MR) is 87.3 cm³/mol. The van der Waals surface area contributed by atoms with E-state index in [4.69, 9.17) is 29.2 Å². The maximum absolute atomic E-state index is 11.6. The highest BCUT2D eigenvalue weighted by Crippen LogP contribution is 2.29. The molecule has 1 aliphatic heterocycles. The average molecular weight is 403 g/mol. The molecule has 0 aromatic rings. The lowest BCUT2D eigenvalue weighted by Gasteiger charge is -2.43. The molecule has 0 saturated carbocycles. The molecule has 1 heterocycles. The molecule has 1 saturated heterocycles. The van der Waals surface area contributed by atoms with Gasteiger partial charge in [0.25, 0.3) is 0 Å². The Hall–Kier alpha value is -2.89. The number of carbonyl (C=O) groups is 4. The summed E-state index contributed by atoms with van der Waals surface area (Å²) in [5.74, 6) is -3.03. The second kappa shape index (κ2) is 11.1. The van der Waals surface area contributed by atoms with Crippen LogP contribution in [-0.4, -0.2) is 74.8 Å². The molecule has 0 unspecified atom stereocenters. The molecule has 156 valence electrons. The predicted octanol–water partition coefficient (Wildman–Crippen LogP) is 0.00630. The van der Waals surface area contributed by atoms with Crippen LogP contribution in [-0.2, 0) is 47.6 Å². The van der Waals surface area contributed by atoms with Crippen molar-refractivity contribution >= 4 is 23.9 Å². The van der Waals surface area contributed by atoms with Gasteiger partial charge >= 0.3 is 23.9 Å². The molecule has 1 fully saturated rings. The highest BCUT2D eigenvalue weighted by atomic mass is 16.7. The van der Waals surface area contributed by atoms with Gasteiger partial charge in [-0.25, -0.2) is 4.79 Å². The van der Waals surface area contributed by atoms with Crippen LogP contribution >= 0.6 is 0 Å². The number of hydrogen-bond donors (Lipinski definition) is 0. The van der Waals surface area contributed by atoms with Crippen molar-refractivity contribution < 1.29 is 47.6 Å². The van der Waals surface area contributed by atoms with Crippen molar-refractivity contribution in [3.05, 3.63) is 10.4 Å². The van der Waals surface area contributed by atoms with Crippen LogP contribution in [0.3, 0.4) is 0 Å². The van der Waals surface area contributed by atoms with E-state index in [0.29, 0.717) is 0 Å². The highest BCUT2D eigenvalue weighted by molar-refractivity contribution is 5.70. The van der Waals surface area contributed by atoms with Crippen molar-refractivity contribution in [3.8, 4) is 0 Å². The fraction of sp³-hybridized carbons (Fsp3) is 0.733. The smallest absolute Gasteiger partial charge is 0.331 e. The molecule has 0 bridgehead atoms. The number of hydrogen-bond acceptors (Lipinski definition) is 11. The van der Waals surface area contributed by atoms with Crippen molar-refractivity contribution in [3.63, 3.8) is 0 Å². The molecule has 0 aromatic heterocycles. The van der Waals surface area contributed by atoms with Crippen molar-refractivity contribution in [2.75, 3.05) is 20.3 Å². The first-order valence-electron chi connectivity index (χ1n) is 8.06. The zero-order valence-electron chi connectivity index (χ0n) is 15.7. The maximum atomic E-state index is 11.6. The van der Waals surface area contributed by atoms with E-state index < -0.39 is 61.2 Å². The first kappa shape index (κ1) is 23.1. The molecule has 13 heteroatoms. The number of azide groups is 1. The number of rotatable bonds is 8. The molecule has 28 heavy (non-hydrogen) atoms. The molecular formula is C15H21N3O10. The van der Waals surface area contributed by atoms with Crippen LogP contribution < -0.4 is 0 Å². The van der Waals surface area contributed by atoms with E-state index in [9.17, 15) is 19.2 Å². The molecule has 0 N–H and O–H groups in total. The standard InChI is InChI=1S/C15H21N3O10/c1-7(19)25-12-10(5-17-18-16)28-15(24-6-11(22)23-4)14(27-9(3)21)13(12)26-8(2)20/h10,12-15H,5-6H2,1-4H3/t10-,12-,13+,14-,15-/m1/s1. The van der Waals surface area contributed by atoms with Gasteiger partial charge in [0.2, 0.25) is 0 Å². The Bertz CT molecular complexity index is 648. The van der Waals surface area contributed by atoms with E-state index in [1.807, 2.05) is 0 Å². The third-order valence-corrected chi connectivity index (χ3v) is 3.42. The topological polar surface area (TPSA) is 172 Å². The molecule has 0 radical (unpaired) electrons. The molecule has 0 spiro atoms. The van der Waals surface area contributed by atoms with Gasteiger partial charge in [-0.1, -0.05) is 5.11 Å². The van der Waals surface area contributed by atoms with Gasteiger partial charge in [-0.05, 0) is 5.53 Å². The first-order valence-corrected chi connectivity index (χ1v) is 8.06. The summed E-state index contributed by atoms with van der Waals surface area (Å²) in [6, 6.07) is 0. The minimum absolute atomic E-state index is 0.322. The molecule has 1 aliphatic rings. The van der Waals surface area contributed by atoms with Gasteiger partial charge < -0.3 is 28.4 Å². The number of nitrogens with zero attached hydrogens (tertiary/aromatic N) is 3. The van der Waals surface area contributed by atoms with Crippen LogP contribution in [0.15, 0.2) is 5.11 Å². The number of esters is 4. The second-order valence-electron chi connectivity index (χ2n) is 5.57. The molecule has 5 atom stereocenters. The van der Waals surface area contributed by atoms with Crippen LogP contribution in [0, 0.1) is 0 Å². The van der Waals surface area contributed by atoms with E-state index >= 15 is 0 Å². The van der Waals surface area contributed by atoms with Crippen LogP contribution in [0.2, 0.25) is 0 Å². The lowest BCUT2D eigenvalue weighted by Crippen LogP contribution is -2.62. The number of methoxy groups -OCH3 is 1. The molecule has 1 rings (SSSR count). The van der Waals surface area contributed by atoms with E-state index in [1.165, 1.54) is 0 Å². The normalized spacial score (nSPS) is 26.4. The summed E-state index contributed by atoms with van der Waals surface area (Å²) in [5.41, 5.74) is 8.57. The van der Waals surface area contributed by atoms with Crippen molar-refractivity contribution in [2.24, 2.45) is 5.11 Å². The Balaban J connectivity index is 3.27. The Morgan fingerprint density at radius 2 is 1.50 bits per heavy atom. The van der Waals surface area contributed by atoms with Crippen molar-refractivity contribution in [1.82, 2.24) is 0 Å². The monoisotopic (exact) mass is 403 g/mol. The lowest BCUT2D eigenvalue weighted by molar-refractivity contribution is -0.301. The third-order valence-electron chi connectivity index (χ3n) is 3.42.